The van der Waals surface area contributed by atoms with Crippen LogP contribution in [0.4, 0.5) is 17.6 Å². The summed E-state index contributed by atoms with van der Waals surface area (Å²) in [6, 6.07) is 0. The average molecular weight is 254 g/mol. The van der Waals surface area contributed by atoms with Crippen molar-refractivity contribution in [2.24, 2.45) is 0 Å². The van der Waals surface area contributed by atoms with Crippen LogP contribution in [0.1, 0.15) is 0 Å². The van der Waals surface area contributed by atoms with Gasteiger partial charge in [0.05, 0.1) is 0 Å². The van der Waals surface area contributed by atoms with Crippen molar-refractivity contribution in [3.8, 4) is 0 Å². The SMILES string of the molecule is FC(F)(Cl)C(F)(Cl)C(F)(Cl)Cl. The molecule has 0 aromatic heterocycles. The van der Waals surface area contributed by atoms with Gasteiger partial charge in [0.15, 0.2) is 0 Å². The Labute approximate surface area is 79.3 Å². The first-order chi connectivity index (χ1) is 4.50. The molecule has 0 saturated carbocycles. The van der Waals surface area contributed by atoms with E-state index >= 15 is 0 Å². The van der Waals surface area contributed by atoms with Crippen LogP contribution < -0.4 is 0 Å². The van der Waals surface area contributed by atoms with Gasteiger partial charge in [-0.3, -0.25) is 0 Å². The lowest BCUT2D eigenvalue weighted by Gasteiger charge is -2.27. The predicted molar refractivity (Wildman–Crippen MR) is 36.0 cm³/mol. The predicted octanol–water partition coefficient (Wildman–Crippen LogP) is 3.82. The Hall–Kier alpha value is 0.880. The van der Waals surface area contributed by atoms with Gasteiger partial charge in [0, 0.05) is 0 Å². The van der Waals surface area contributed by atoms with Crippen molar-refractivity contribution < 1.29 is 17.6 Å². The van der Waals surface area contributed by atoms with E-state index in [0.29, 0.717) is 0 Å². The van der Waals surface area contributed by atoms with Gasteiger partial charge in [0.1, 0.15) is 0 Å². The van der Waals surface area contributed by atoms with Gasteiger partial charge in [-0.25, -0.2) is 8.78 Å². The van der Waals surface area contributed by atoms with E-state index in [1.54, 1.807) is 0 Å². The molecular formula is C3Cl4F4. The molecule has 0 bridgehead atoms. The molecule has 0 nitrogen and oxygen atoms in total. The minimum absolute atomic E-state index is 3.96. The number of halogens is 8. The summed E-state index contributed by atoms with van der Waals surface area (Å²) in [6.45, 7) is 0. The van der Waals surface area contributed by atoms with Crippen molar-refractivity contribution >= 4 is 46.4 Å². The van der Waals surface area contributed by atoms with E-state index in [9.17, 15) is 17.6 Å². The van der Waals surface area contributed by atoms with Crippen LogP contribution in [-0.2, 0) is 0 Å². The zero-order valence-electron chi connectivity index (χ0n) is 4.52. The maximum atomic E-state index is 12.3. The van der Waals surface area contributed by atoms with Crippen molar-refractivity contribution in [1.82, 2.24) is 0 Å². The third-order valence-corrected chi connectivity index (χ3v) is 2.28. The molecule has 0 fully saturated rings. The smallest absolute Gasteiger partial charge is 0.211 e. The van der Waals surface area contributed by atoms with E-state index in [-0.39, 0.29) is 0 Å². The fraction of sp³-hybridized carbons (Fsp3) is 1.00. The van der Waals surface area contributed by atoms with Gasteiger partial charge in [-0.2, -0.15) is 8.78 Å². The molecule has 0 amide bonds. The second-order valence-electron chi connectivity index (χ2n) is 1.57. The number of hydrogen-bond donors (Lipinski definition) is 0. The Balaban J connectivity index is 4.75. The largest absolute Gasteiger partial charge is 0.375 e. The molecular weight excluding hydrogens is 254 g/mol. The molecule has 0 aliphatic heterocycles. The second kappa shape index (κ2) is 2.98. The van der Waals surface area contributed by atoms with Crippen LogP contribution >= 0.6 is 46.4 Å². The third kappa shape index (κ3) is 2.41. The minimum atomic E-state index is -4.69. The first-order valence-corrected chi connectivity index (χ1v) is 3.52. The molecule has 0 aliphatic carbocycles. The van der Waals surface area contributed by atoms with Crippen LogP contribution in [0.15, 0.2) is 0 Å². The lowest BCUT2D eigenvalue weighted by atomic mass is 10.4. The standard InChI is InChI=1S/C3Cl4F4/c4-1(8,2(5,6)9)3(7,10)11. The maximum Gasteiger partial charge on any atom is 0.375 e. The van der Waals surface area contributed by atoms with Crippen molar-refractivity contribution in [2.75, 3.05) is 0 Å². The van der Waals surface area contributed by atoms with E-state index in [2.05, 4.69) is 46.4 Å². The molecule has 11 heavy (non-hydrogen) atoms. The zero-order valence-corrected chi connectivity index (χ0v) is 7.55. The highest BCUT2D eigenvalue weighted by molar-refractivity contribution is 6.53. The molecule has 0 aromatic carbocycles. The maximum absolute atomic E-state index is 12.3. The van der Waals surface area contributed by atoms with Crippen molar-refractivity contribution in [1.29, 1.82) is 0 Å². The number of alkyl halides is 8. The summed E-state index contributed by atoms with van der Waals surface area (Å²) in [5, 5.41) is -9.04. The van der Waals surface area contributed by atoms with Crippen molar-refractivity contribution in [2.45, 2.75) is 15.1 Å². The summed E-state index contributed by atoms with van der Waals surface area (Å²) in [5.74, 6) is 0. The normalized spacial score (nSPS) is 19.6. The minimum Gasteiger partial charge on any atom is -0.211 e. The Kier molecular flexibility index (Phi) is 3.22. The molecule has 1 unspecified atom stereocenters. The Bertz CT molecular complexity index is 128. The fourth-order valence-electron chi connectivity index (χ4n) is 0.161. The average Bonchev–Trinajstić information content (AvgIpc) is 1.58. The van der Waals surface area contributed by atoms with Gasteiger partial charge in [0.2, 0.25) is 0 Å². The Morgan fingerprint density at radius 3 is 1.00 bits per heavy atom. The summed E-state index contributed by atoms with van der Waals surface area (Å²) >= 11 is 17.0. The number of rotatable bonds is 2. The lowest BCUT2D eigenvalue weighted by Crippen LogP contribution is -2.46. The van der Waals surface area contributed by atoms with Gasteiger partial charge in [-0.1, -0.05) is 34.8 Å². The molecule has 0 spiro atoms. The Morgan fingerprint density at radius 2 is 1.00 bits per heavy atom. The van der Waals surface area contributed by atoms with Crippen LogP contribution in [0.5, 0.6) is 0 Å². The summed E-state index contributed by atoms with van der Waals surface area (Å²) in [5.41, 5.74) is 0. The van der Waals surface area contributed by atoms with Gasteiger partial charge in [0.25, 0.3) is 0 Å². The van der Waals surface area contributed by atoms with Gasteiger partial charge >= 0.3 is 15.1 Å². The van der Waals surface area contributed by atoms with Crippen LogP contribution in [0, 0.1) is 0 Å². The van der Waals surface area contributed by atoms with E-state index in [0.717, 1.165) is 0 Å². The quantitative estimate of drug-likeness (QED) is 0.518. The topological polar surface area (TPSA) is 0 Å². The molecule has 0 N–H and O–H groups in total. The summed E-state index contributed by atoms with van der Waals surface area (Å²) < 4.78 is 44.2. The van der Waals surface area contributed by atoms with Crippen molar-refractivity contribution in [3.63, 3.8) is 0 Å². The molecule has 0 heterocycles. The summed E-state index contributed by atoms with van der Waals surface area (Å²) in [7, 11) is 0. The highest BCUT2D eigenvalue weighted by atomic mass is 35.5. The number of hydrogen-bond acceptors (Lipinski definition) is 0. The molecule has 0 aliphatic rings. The van der Waals surface area contributed by atoms with Gasteiger partial charge in [-0.05, 0) is 11.6 Å². The molecule has 8 heteroatoms. The summed E-state index contributed by atoms with van der Waals surface area (Å²) in [4.78, 5) is 0. The van der Waals surface area contributed by atoms with E-state index in [4.69, 9.17) is 0 Å². The van der Waals surface area contributed by atoms with Crippen LogP contribution in [-0.4, -0.2) is 15.1 Å². The second-order valence-corrected chi connectivity index (χ2v) is 3.80. The summed E-state index contributed by atoms with van der Waals surface area (Å²) in [6.07, 6.45) is 0. The van der Waals surface area contributed by atoms with E-state index in [1.807, 2.05) is 0 Å². The molecule has 0 saturated heterocycles. The monoisotopic (exact) mass is 252 g/mol. The van der Waals surface area contributed by atoms with E-state index < -0.39 is 15.1 Å². The first kappa shape index (κ1) is 11.9. The van der Waals surface area contributed by atoms with Gasteiger partial charge < -0.3 is 0 Å². The fourth-order valence-corrected chi connectivity index (χ4v) is 0.625. The molecule has 68 valence electrons. The Morgan fingerprint density at radius 1 is 0.727 bits per heavy atom. The van der Waals surface area contributed by atoms with Crippen molar-refractivity contribution in [3.05, 3.63) is 0 Å². The van der Waals surface area contributed by atoms with Crippen LogP contribution in [0.3, 0.4) is 0 Å². The zero-order chi connectivity index (χ0) is 9.50. The lowest BCUT2D eigenvalue weighted by molar-refractivity contribution is -0.0516. The molecule has 0 radical (unpaired) electrons. The first-order valence-electron chi connectivity index (χ1n) is 2.01. The van der Waals surface area contributed by atoms with Gasteiger partial charge in [-0.15, -0.1) is 0 Å². The molecule has 1 atom stereocenters. The highest BCUT2D eigenvalue weighted by Crippen LogP contribution is 2.52. The third-order valence-electron chi connectivity index (χ3n) is 0.712. The molecule has 0 rings (SSSR count). The van der Waals surface area contributed by atoms with Crippen LogP contribution in [0.25, 0.3) is 0 Å². The van der Waals surface area contributed by atoms with Crippen LogP contribution in [0.2, 0.25) is 0 Å². The molecule has 0 aromatic rings. The van der Waals surface area contributed by atoms with E-state index in [1.165, 1.54) is 0 Å². The highest BCUT2D eigenvalue weighted by Gasteiger charge is 2.66.